The highest BCUT2D eigenvalue weighted by Gasteiger charge is 2.29. The number of halogens is 2. The Labute approximate surface area is 326 Å². The van der Waals surface area contributed by atoms with Crippen molar-refractivity contribution in [2.24, 2.45) is 11.7 Å². The molecule has 0 unspecified atom stereocenters. The Kier molecular flexibility index (Phi) is 14.2. The molecule has 16 heteroatoms. The van der Waals surface area contributed by atoms with Crippen molar-refractivity contribution in [1.82, 2.24) is 14.6 Å². The molecular formula is C38H41FIN5O8S. The van der Waals surface area contributed by atoms with Crippen LogP contribution in [0, 0.1) is 11.7 Å². The number of Topliss-reactive ketones (excluding diaryl/α,β-unsaturated/α-hetero) is 1. The zero-order valence-electron chi connectivity index (χ0n) is 30.5. The smallest absolute Gasteiger partial charge is 0.424 e. The van der Waals surface area contributed by atoms with Crippen molar-refractivity contribution >= 4 is 67.6 Å². The fraction of sp³-hybridized carbons (Fsp3) is 0.289. The second-order valence-electron chi connectivity index (χ2n) is 12.4. The predicted octanol–water partition coefficient (Wildman–Crippen LogP) is 6.67. The molecular weight excluding hydrogens is 832 g/mol. The van der Waals surface area contributed by atoms with Gasteiger partial charge in [-0.3, -0.25) is 9.59 Å². The lowest BCUT2D eigenvalue weighted by molar-refractivity contribution is -0.154. The van der Waals surface area contributed by atoms with Gasteiger partial charge in [-0.25, -0.2) is 27.0 Å². The summed E-state index contributed by atoms with van der Waals surface area (Å²) in [5.41, 5.74) is 9.36. The highest BCUT2D eigenvalue weighted by molar-refractivity contribution is 14.1. The second-order valence-corrected chi connectivity index (χ2v) is 14.5. The van der Waals surface area contributed by atoms with Gasteiger partial charge in [0.25, 0.3) is 5.95 Å². The van der Waals surface area contributed by atoms with Gasteiger partial charge in [-0.2, -0.15) is 4.98 Å². The molecule has 5 rings (SSSR count). The molecule has 0 fully saturated rings. The number of methoxy groups -OCH3 is 1. The fourth-order valence-electron chi connectivity index (χ4n) is 5.18. The van der Waals surface area contributed by atoms with Gasteiger partial charge in [-0.05, 0) is 63.9 Å². The van der Waals surface area contributed by atoms with Crippen LogP contribution in [0.5, 0.6) is 5.75 Å². The van der Waals surface area contributed by atoms with Gasteiger partial charge in [0.2, 0.25) is 6.79 Å². The number of nitrogens with two attached hydrogens (primary N) is 1. The van der Waals surface area contributed by atoms with E-state index in [0.29, 0.717) is 5.65 Å². The molecule has 2 atom stereocenters. The zero-order valence-corrected chi connectivity index (χ0v) is 33.5. The molecule has 2 heterocycles. The van der Waals surface area contributed by atoms with E-state index in [0.717, 1.165) is 33.4 Å². The van der Waals surface area contributed by atoms with E-state index in [4.69, 9.17) is 19.9 Å². The summed E-state index contributed by atoms with van der Waals surface area (Å²) in [4.78, 5) is 46.1. The van der Waals surface area contributed by atoms with E-state index in [2.05, 4.69) is 32.7 Å². The molecule has 1 amide bonds. The third-order valence-corrected chi connectivity index (χ3v) is 9.53. The molecule has 0 spiro atoms. The van der Waals surface area contributed by atoms with Crippen molar-refractivity contribution in [3.05, 3.63) is 102 Å². The van der Waals surface area contributed by atoms with E-state index < -0.39 is 40.7 Å². The number of carbonyl (C=O) groups is 3. The monoisotopic (exact) mass is 873 g/mol. The van der Waals surface area contributed by atoms with Gasteiger partial charge in [0.05, 0.1) is 17.7 Å². The van der Waals surface area contributed by atoms with Crippen molar-refractivity contribution < 1.29 is 41.4 Å². The number of pyridine rings is 1. The molecule has 0 bridgehead atoms. The number of rotatable bonds is 13. The molecule has 13 nitrogen and oxygen atoms in total. The van der Waals surface area contributed by atoms with Crippen LogP contribution < -0.4 is 15.4 Å². The van der Waals surface area contributed by atoms with Crippen LogP contribution in [0.4, 0.5) is 20.8 Å². The van der Waals surface area contributed by atoms with Crippen molar-refractivity contribution in [3.8, 4) is 16.9 Å². The first-order chi connectivity index (χ1) is 25.7. The first-order valence-electron chi connectivity index (χ1n) is 16.5. The Morgan fingerprint density at radius 2 is 1.57 bits per heavy atom. The van der Waals surface area contributed by atoms with Gasteiger partial charge in [-0.15, -0.1) is 5.10 Å². The first-order valence-corrected chi connectivity index (χ1v) is 20.6. The zero-order chi connectivity index (χ0) is 39.7. The molecule has 2 aromatic heterocycles. The number of esters is 1. The Balaban J connectivity index is 0.00000319. The number of sulfone groups is 1. The van der Waals surface area contributed by atoms with Crippen LogP contribution in [0.15, 0.2) is 90.0 Å². The number of carbonyl (C=O) groups excluding carboxylic acids is 3. The fourth-order valence-corrected chi connectivity index (χ4v) is 5.81. The minimum Gasteiger partial charge on any atom is -0.495 e. The average molecular weight is 874 g/mol. The summed E-state index contributed by atoms with van der Waals surface area (Å²) in [5.74, 6) is -1.87. The van der Waals surface area contributed by atoms with Crippen molar-refractivity contribution in [3.63, 3.8) is 0 Å². The van der Waals surface area contributed by atoms with Crippen LogP contribution in [-0.4, -0.2) is 72.0 Å². The predicted molar refractivity (Wildman–Crippen MR) is 210 cm³/mol. The van der Waals surface area contributed by atoms with Gasteiger partial charge in [0, 0.05) is 36.4 Å². The lowest BCUT2D eigenvalue weighted by Gasteiger charge is -2.21. The summed E-state index contributed by atoms with van der Waals surface area (Å²) in [6.07, 6.45) is 1.89. The van der Waals surface area contributed by atoms with E-state index in [1.54, 1.807) is 45.2 Å². The summed E-state index contributed by atoms with van der Waals surface area (Å²) in [6, 6.07) is 19.8. The maximum Gasteiger partial charge on any atom is 0.424 e. The van der Waals surface area contributed by atoms with E-state index in [9.17, 15) is 27.2 Å². The SMILES string of the molecule is CI.COc1cc(S(C)(=O)=O)ccc1N(C(=O)OCOC(=O)[C@@H](N)C(C)C)c1nc2ccc(-c3ccc(CC(=O)[C@H](C)c4ccc(F)cc4)cc3)cn2n1. The van der Waals surface area contributed by atoms with Gasteiger partial charge >= 0.3 is 12.1 Å². The number of ketones is 1. The Morgan fingerprint density at radius 1 is 0.926 bits per heavy atom. The number of ether oxygens (including phenoxy) is 3. The maximum absolute atomic E-state index is 13.6. The van der Waals surface area contributed by atoms with Crippen LogP contribution in [0.1, 0.15) is 37.8 Å². The summed E-state index contributed by atoms with van der Waals surface area (Å²) >= 11 is 2.15. The number of alkyl halides is 1. The molecule has 2 N–H and O–H groups in total. The Hall–Kier alpha value is -4.94. The summed E-state index contributed by atoms with van der Waals surface area (Å²) in [6.45, 7) is 4.52. The molecule has 0 radical (unpaired) electrons. The Morgan fingerprint density at radius 3 is 2.19 bits per heavy atom. The van der Waals surface area contributed by atoms with Crippen molar-refractivity contribution in [2.75, 3.05) is 30.0 Å². The highest BCUT2D eigenvalue weighted by atomic mass is 127. The highest BCUT2D eigenvalue weighted by Crippen LogP contribution is 2.35. The third-order valence-electron chi connectivity index (χ3n) is 8.42. The van der Waals surface area contributed by atoms with E-state index >= 15 is 0 Å². The Bertz CT molecular complexity index is 2210. The largest absolute Gasteiger partial charge is 0.495 e. The van der Waals surface area contributed by atoms with Gasteiger partial charge < -0.3 is 19.9 Å². The number of fused-ring (bicyclic) bond motifs is 1. The molecule has 0 aliphatic rings. The molecule has 286 valence electrons. The van der Waals surface area contributed by atoms with Crippen LogP contribution in [0.2, 0.25) is 0 Å². The third kappa shape index (κ3) is 10.2. The number of benzene rings is 3. The number of amides is 1. The summed E-state index contributed by atoms with van der Waals surface area (Å²) in [7, 11) is -2.32. The molecule has 3 aromatic carbocycles. The van der Waals surface area contributed by atoms with Crippen molar-refractivity contribution in [2.45, 2.75) is 44.0 Å². The summed E-state index contributed by atoms with van der Waals surface area (Å²) < 4.78 is 55.0. The number of hydrogen-bond acceptors (Lipinski definition) is 11. The molecule has 0 aliphatic heterocycles. The quantitative estimate of drug-likeness (QED) is 0.0580. The first kappa shape index (κ1) is 41.8. The maximum atomic E-state index is 13.6. The lowest BCUT2D eigenvalue weighted by atomic mass is 9.92. The molecule has 54 heavy (non-hydrogen) atoms. The average Bonchev–Trinajstić information content (AvgIpc) is 3.58. The van der Waals surface area contributed by atoms with Crippen LogP contribution >= 0.6 is 22.6 Å². The minimum atomic E-state index is -3.63. The molecule has 0 saturated heterocycles. The van der Waals surface area contributed by atoms with Gasteiger partial charge in [-0.1, -0.05) is 79.8 Å². The number of anilines is 2. The molecule has 5 aromatic rings. The normalized spacial score (nSPS) is 12.3. The van der Waals surface area contributed by atoms with Gasteiger partial charge in [0.15, 0.2) is 15.5 Å². The van der Waals surface area contributed by atoms with E-state index in [1.807, 2.05) is 35.3 Å². The van der Waals surface area contributed by atoms with E-state index in [1.165, 1.54) is 42.0 Å². The number of hydrogen-bond donors (Lipinski definition) is 1. The van der Waals surface area contributed by atoms with Crippen LogP contribution in [0.3, 0.4) is 0 Å². The van der Waals surface area contributed by atoms with Crippen molar-refractivity contribution in [1.29, 1.82) is 0 Å². The molecule has 0 saturated carbocycles. The number of aromatic nitrogens is 3. The number of nitrogens with zero attached hydrogens (tertiary/aromatic N) is 4. The lowest BCUT2D eigenvalue weighted by Crippen LogP contribution is -2.38. The van der Waals surface area contributed by atoms with Crippen LogP contribution in [0.25, 0.3) is 16.8 Å². The van der Waals surface area contributed by atoms with Crippen LogP contribution in [-0.2, 0) is 35.3 Å². The minimum absolute atomic E-state index is 0.00103. The van der Waals surface area contributed by atoms with E-state index in [-0.39, 0.29) is 46.2 Å². The van der Waals surface area contributed by atoms with Gasteiger partial charge in [0.1, 0.15) is 23.4 Å². The topological polar surface area (TPSA) is 172 Å². The second kappa shape index (κ2) is 18.4. The standard InChI is InChI=1S/C37H38FN5O8S.CH3I/c1-22(2)34(39)35(45)50-21-51-37(46)43(30-16-15-29(52(5,47)48)19-32(30)49-4)36-40-33-17-12-27(20-42(33)41-36)26-8-6-24(7-9-26)18-31(44)23(3)25-10-13-28(38)14-11-25;1-2/h6-17,19-20,22-23,34H,18,21,39H2,1-5H3;1H3/t23-,34+;/m1./s1. The molecule has 0 aliphatic carbocycles. The summed E-state index contributed by atoms with van der Waals surface area (Å²) in [5, 5.41) is 4.51.